The summed E-state index contributed by atoms with van der Waals surface area (Å²) in [5, 5.41) is 3.36. The number of amidine groups is 1. The molecule has 0 saturated heterocycles. The van der Waals surface area contributed by atoms with E-state index in [0.717, 1.165) is 51.4 Å². The van der Waals surface area contributed by atoms with E-state index in [9.17, 15) is 0 Å². The zero-order valence-corrected chi connectivity index (χ0v) is 22.8. The Bertz CT molecular complexity index is 905. The first kappa shape index (κ1) is 27.2. The second kappa shape index (κ2) is 13.0. The highest BCUT2D eigenvalue weighted by Crippen LogP contribution is 2.32. The maximum Gasteiger partial charge on any atom is 0.150 e. The molecule has 0 amide bonds. The Kier molecular flexibility index (Phi) is 10.7. The highest BCUT2D eigenvalue weighted by atomic mass is 79.9. The normalized spacial score (nSPS) is 18.3. The SMILES string of the molecule is C=C(C(CC)OCC(C)C)N1C=CNC(=NCc2ccc(C)cc2OC)/C1=C(\Br)C(C)CC. The number of aliphatic imine (C=N–C) groups is 1. The van der Waals surface area contributed by atoms with Crippen molar-refractivity contribution in [2.24, 2.45) is 16.8 Å². The molecule has 0 aromatic heterocycles. The first-order valence-corrected chi connectivity index (χ1v) is 12.6. The van der Waals surface area contributed by atoms with Gasteiger partial charge in [0, 0.05) is 34.7 Å². The molecule has 0 bridgehead atoms. The fourth-order valence-corrected chi connectivity index (χ4v) is 4.21. The van der Waals surface area contributed by atoms with Crippen LogP contribution in [0.3, 0.4) is 0 Å². The summed E-state index contributed by atoms with van der Waals surface area (Å²) in [6.07, 6.45) is 5.71. The Labute approximate surface area is 208 Å². The van der Waals surface area contributed by atoms with Gasteiger partial charge in [-0.15, -0.1) is 0 Å². The third kappa shape index (κ3) is 7.21. The van der Waals surface area contributed by atoms with Crippen molar-refractivity contribution in [3.63, 3.8) is 0 Å². The number of benzene rings is 1. The van der Waals surface area contributed by atoms with E-state index >= 15 is 0 Å². The van der Waals surface area contributed by atoms with Crippen molar-refractivity contribution >= 4 is 21.8 Å². The van der Waals surface area contributed by atoms with Crippen LogP contribution in [-0.2, 0) is 11.3 Å². The molecule has 1 heterocycles. The summed E-state index contributed by atoms with van der Waals surface area (Å²) in [4.78, 5) is 7.08. The average molecular weight is 519 g/mol. The number of methoxy groups -OCH3 is 1. The van der Waals surface area contributed by atoms with Crippen molar-refractivity contribution in [3.05, 3.63) is 64.2 Å². The van der Waals surface area contributed by atoms with Crippen LogP contribution in [0.4, 0.5) is 0 Å². The van der Waals surface area contributed by atoms with Gasteiger partial charge in [-0.1, -0.05) is 69.3 Å². The van der Waals surface area contributed by atoms with E-state index in [-0.39, 0.29) is 6.10 Å². The van der Waals surface area contributed by atoms with Gasteiger partial charge in [-0.25, -0.2) is 0 Å². The van der Waals surface area contributed by atoms with E-state index in [1.165, 1.54) is 0 Å². The molecule has 1 aliphatic rings. The van der Waals surface area contributed by atoms with Gasteiger partial charge in [0.05, 0.1) is 25.5 Å². The molecular formula is C27H40BrN3O2. The molecule has 0 fully saturated rings. The van der Waals surface area contributed by atoms with E-state index in [4.69, 9.17) is 14.5 Å². The number of halogens is 1. The number of rotatable bonds is 11. The molecule has 0 aliphatic carbocycles. The van der Waals surface area contributed by atoms with Gasteiger partial charge in [-0.05, 0) is 43.2 Å². The minimum absolute atomic E-state index is 0.0687. The third-order valence-corrected chi connectivity index (χ3v) is 6.87. The topological polar surface area (TPSA) is 46.1 Å². The highest BCUT2D eigenvalue weighted by molar-refractivity contribution is 9.11. The summed E-state index contributed by atoms with van der Waals surface area (Å²) in [5.41, 5.74) is 4.10. The maximum absolute atomic E-state index is 6.20. The Morgan fingerprint density at radius 2 is 1.94 bits per heavy atom. The van der Waals surface area contributed by atoms with Gasteiger partial charge in [0.1, 0.15) is 5.75 Å². The van der Waals surface area contributed by atoms with Crippen LogP contribution in [0.1, 0.15) is 58.6 Å². The van der Waals surface area contributed by atoms with Gasteiger partial charge in [0.15, 0.2) is 5.84 Å². The maximum atomic E-state index is 6.20. The Morgan fingerprint density at radius 1 is 1.21 bits per heavy atom. The monoisotopic (exact) mass is 517 g/mol. The molecule has 2 rings (SSSR count). The quantitative estimate of drug-likeness (QED) is 0.346. The fourth-order valence-electron chi connectivity index (χ4n) is 3.51. The zero-order chi connectivity index (χ0) is 24.5. The van der Waals surface area contributed by atoms with E-state index in [2.05, 4.69) is 86.4 Å². The molecule has 0 radical (unpaired) electrons. The van der Waals surface area contributed by atoms with Gasteiger partial charge >= 0.3 is 0 Å². The Hall–Kier alpha value is -2.05. The van der Waals surface area contributed by atoms with E-state index in [1.807, 2.05) is 18.5 Å². The minimum atomic E-state index is -0.0687. The number of hydrogen-bond acceptors (Lipinski definition) is 4. The lowest BCUT2D eigenvalue weighted by Crippen LogP contribution is -2.38. The van der Waals surface area contributed by atoms with Crippen molar-refractivity contribution in [2.75, 3.05) is 13.7 Å². The Balaban J connectivity index is 2.44. The molecule has 5 nitrogen and oxygen atoms in total. The predicted octanol–water partition coefficient (Wildman–Crippen LogP) is 6.90. The molecule has 1 aromatic carbocycles. The first-order chi connectivity index (χ1) is 15.7. The lowest BCUT2D eigenvalue weighted by atomic mass is 10.0. The summed E-state index contributed by atoms with van der Waals surface area (Å²) in [6.45, 7) is 18.5. The molecule has 2 atom stereocenters. The number of hydrogen-bond donors (Lipinski definition) is 1. The lowest BCUT2D eigenvalue weighted by Gasteiger charge is -2.35. The smallest absolute Gasteiger partial charge is 0.150 e. The number of allylic oxidation sites excluding steroid dienone is 1. The van der Waals surface area contributed by atoms with Crippen molar-refractivity contribution in [2.45, 2.75) is 67.0 Å². The second-order valence-electron chi connectivity index (χ2n) is 8.93. The molecule has 0 saturated carbocycles. The van der Waals surface area contributed by atoms with Crippen molar-refractivity contribution < 1.29 is 9.47 Å². The minimum Gasteiger partial charge on any atom is -0.496 e. The number of aryl methyl sites for hydroxylation is 1. The fraction of sp³-hybridized carbons (Fsp3) is 0.519. The summed E-state index contributed by atoms with van der Waals surface area (Å²) < 4.78 is 12.9. The largest absolute Gasteiger partial charge is 0.496 e. The summed E-state index contributed by atoms with van der Waals surface area (Å²) >= 11 is 3.89. The van der Waals surface area contributed by atoms with Crippen LogP contribution in [-0.4, -0.2) is 30.6 Å². The average Bonchev–Trinajstić information content (AvgIpc) is 2.81. The van der Waals surface area contributed by atoms with Gasteiger partial charge in [0.25, 0.3) is 0 Å². The van der Waals surface area contributed by atoms with Crippen molar-refractivity contribution in [1.82, 2.24) is 10.2 Å². The number of nitrogens with one attached hydrogen (secondary N) is 1. The van der Waals surface area contributed by atoms with Gasteiger partial charge in [0.2, 0.25) is 0 Å². The highest BCUT2D eigenvalue weighted by Gasteiger charge is 2.28. The zero-order valence-electron chi connectivity index (χ0n) is 21.2. The Morgan fingerprint density at radius 3 is 2.55 bits per heavy atom. The van der Waals surface area contributed by atoms with Gasteiger partial charge < -0.3 is 19.7 Å². The van der Waals surface area contributed by atoms with Crippen LogP contribution >= 0.6 is 15.9 Å². The van der Waals surface area contributed by atoms with Gasteiger partial charge in [-0.3, -0.25) is 4.99 Å². The molecule has 1 N–H and O–H groups in total. The first-order valence-electron chi connectivity index (χ1n) is 11.8. The van der Waals surface area contributed by atoms with Gasteiger partial charge in [-0.2, -0.15) is 0 Å². The number of ether oxygens (including phenoxy) is 2. The van der Waals surface area contributed by atoms with Crippen molar-refractivity contribution in [3.8, 4) is 5.75 Å². The van der Waals surface area contributed by atoms with Crippen LogP contribution in [0.2, 0.25) is 0 Å². The molecule has 2 unspecified atom stereocenters. The molecule has 6 heteroatoms. The molecular weight excluding hydrogens is 478 g/mol. The lowest BCUT2D eigenvalue weighted by molar-refractivity contribution is 0.0455. The van der Waals surface area contributed by atoms with E-state index < -0.39 is 0 Å². The number of nitrogens with zero attached hydrogens (tertiary/aromatic N) is 2. The van der Waals surface area contributed by atoms with Crippen LogP contribution in [0.5, 0.6) is 5.75 Å². The molecule has 0 spiro atoms. The summed E-state index contributed by atoms with van der Waals surface area (Å²) in [5.74, 6) is 2.45. The van der Waals surface area contributed by atoms with Crippen LogP contribution in [0.25, 0.3) is 0 Å². The molecule has 1 aliphatic heterocycles. The van der Waals surface area contributed by atoms with Crippen LogP contribution in [0.15, 0.2) is 58.0 Å². The van der Waals surface area contributed by atoms with E-state index in [1.54, 1.807) is 7.11 Å². The predicted molar refractivity (Wildman–Crippen MR) is 142 cm³/mol. The third-order valence-electron chi connectivity index (χ3n) is 5.71. The van der Waals surface area contributed by atoms with Crippen LogP contribution in [0, 0.1) is 18.8 Å². The van der Waals surface area contributed by atoms with Crippen molar-refractivity contribution in [1.29, 1.82) is 0 Å². The molecule has 182 valence electrons. The summed E-state index contributed by atoms with van der Waals surface area (Å²) in [6, 6.07) is 6.21. The molecule has 1 aromatic rings. The summed E-state index contributed by atoms with van der Waals surface area (Å²) in [7, 11) is 1.70. The second-order valence-corrected chi connectivity index (χ2v) is 9.79. The van der Waals surface area contributed by atoms with Crippen LogP contribution < -0.4 is 10.1 Å². The van der Waals surface area contributed by atoms with E-state index in [0.29, 0.717) is 25.0 Å². The standard InChI is InChI=1S/C27H40BrN3O2/c1-9-20(6)25(28)26-27(30-16-22-12-11-19(5)15-24(22)32-8)29-13-14-31(26)21(7)23(10-2)33-17-18(3)4/h11-15,18,20,23H,7,9-10,16-17H2,1-6,8H3,(H,29,30)/b26-25+. The molecule has 33 heavy (non-hydrogen) atoms.